The number of hydrogen-bond donors (Lipinski definition) is 1. The standard InChI is InChI=1S/C13H20N2OS/c1-10(13(14)17)8-15(2)9-11-5-4-6-12(7-11)16-3/h4-7,10H,8-9H2,1-3H3,(H2,14,17). The molecule has 0 aliphatic carbocycles. The van der Waals surface area contributed by atoms with Gasteiger partial charge in [0.15, 0.2) is 0 Å². The minimum absolute atomic E-state index is 0.237. The van der Waals surface area contributed by atoms with E-state index in [0.29, 0.717) is 4.99 Å². The molecule has 1 atom stereocenters. The zero-order chi connectivity index (χ0) is 12.8. The average molecular weight is 252 g/mol. The van der Waals surface area contributed by atoms with Gasteiger partial charge in [-0.1, -0.05) is 31.3 Å². The summed E-state index contributed by atoms with van der Waals surface area (Å²) in [7, 11) is 3.74. The molecular weight excluding hydrogens is 232 g/mol. The molecule has 0 aromatic heterocycles. The Balaban J connectivity index is 2.55. The van der Waals surface area contributed by atoms with E-state index in [2.05, 4.69) is 18.0 Å². The molecule has 4 heteroatoms. The molecule has 1 rings (SSSR count). The van der Waals surface area contributed by atoms with Crippen LogP contribution in [0.15, 0.2) is 24.3 Å². The SMILES string of the molecule is COc1cccc(CN(C)CC(C)C(N)=S)c1. The fraction of sp³-hybridized carbons (Fsp3) is 0.462. The number of thiocarbonyl (C=S) groups is 1. The molecular formula is C13H20N2OS. The van der Waals surface area contributed by atoms with Crippen LogP contribution in [-0.2, 0) is 6.54 Å². The molecule has 0 aliphatic rings. The Morgan fingerprint density at radius 1 is 1.53 bits per heavy atom. The summed E-state index contributed by atoms with van der Waals surface area (Å²) >= 11 is 4.97. The quantitative estimate of drug-likeness (QED) is 0.786. The minimum Gasteiger partial charge on any atom is -0.497 e. The highest BCUT2D eigenvalue weighted by Crippen LogP contribution is 2.14. The highest BCUT2D eigenvalue weighted by atomic mass is 32.1. The van der Waals surface area contributed by atoms with Crippen LogP contribution in [0.5, 0.6) is 5.75 Å². The van der Waals surface area contributed by atoms with Gasteiger partial charge in [0.1, 0.15) is 5.75 Å². The Morgan fingerprint density at radius 2 is 2.24 bits per heavy atom. The number of ether oxygens (including phenoxy) is 1. The van der Waals surface area contributed by atoms with Gasteiger partial charge >= 0.3 is 0 Å². The first-order valence-electron chi connectivity index (χ1n) is 5.63. The third-order valence-electron chi connectivity index (χ3n) is 2.66. The topological polar surface area (TPSA) is 38.5 Å². The highest BCUT2D eigenvalue weighted by Gasteiger charge is 2.09. The van der Waals surface area contributed by atoms with E-state index in [-0.39, 0.29) is 5.92 Å². The molecule has 1 aromatic carbocycles. The molecule has 0 bridgehead atoms. The van der Waals surface area contributed by atoms with Crippen LogP contribution in [0.2, 0.25) is 0 Å². The van der Waals surface area contributed by atoms with Crippen LogP contribution in [0.4, 0.5) is 0 Å². The zero-order valence-electron chi connectivity index (χ0n) is 10.6. The zero-order valence-corrected chi connectivity index (χ0v) is 11.5. The molecule has 0 radical (unpaired) electrons. The first kappa shape index (κ1) is 13.9. The molecule has 0 fully saturated rings. The Kier molecular flexibility index (Phi) is 5.38. The van der Waals surface area contributed by atoms with Gasteiger partial charge in [-0.2, -0.15) is 0 Å². The summed E-state index contributed by atoms with van der Waals surface area (Å²) in [5.41, 5.74) is 6.83. The molecule has 3 nitrogen and oxygen atoms in total. The molecule has 0 amide bonds. The van der Waals surface area contributed by atoms with Crippen molar-refractivity contribution in [1.29, 1.82) is 0 Å². The van der Waals surface area contributed by atoms with E-state index in [9.17, 15) is 0 Å². The lowest BCUT2D eigenvalue weighted by Gasteiger charge is -2.20. The molecule has 0 saturated carbocycles. The monoisotopic (exact) mass is 252 g/mol. The second-order valence-corrected chi connectivity index (χ2v) is 4.82. The van der Waals surface area contributed by atoms with Crippen molar-refractivity contribution in [1.82, 2.24) is 4.90 Å². The summed E-state index contributed by atoms with van der Waals surface area (Å²) in [4.78, 5) is 2.78. The maximum absolute atomic E-state index is 5.61. The lowest BCUT2D eigenvalue weighted by Crippen LogP contribution is -2.31. The predicted molar refractivity (Wildman–Crippen MR) is 75.3 cm³/mol. The first-order chi connectivity index (χ1) is 8.02. The lowest BCUT2D eigenvalue weighted by molar-refractivity contribution is 0.307. The Bertz CT molecular complexity index is 381. The fourth-order valence-corrected chi connectivity index (χ4v) is 1.78. The van der Waals surface area contributed by atoms with E-state index in [0.717, 1.165) is 18.8 Å². The minimum atomic E-state index is 0.237. The fourth-order valence-electron chi connectivity index (χ4n) is 1.70. The number of rotatable bonds is 6. The van der Waals surface area contributed by atoms with Gasteiger partial charge in [-0.15, -0.1) is 0 Å². The number of methoxy groups -OCH3 is 1. The molecule has 1 unspecified atom stereocenters. The van der Waals surface area contributed by atoms with Crippen LogP contribution < -0.4 is 10.5 Å². The van der Waals surface area contributed by atoms with Crippen LogP contribution in [0, 0.1) is 5.92 Å². The van der Waals surface area contributed by atoms with Crippen LogP contribution in [0.3, 0.4) is 0 Å². The Hall–Kier alpha value is -1.13. The van der Waals surface area contributed by atoms with Crippen molar-refractivity contribution in [2.24, 2.45) is 11.7 Å². The van der Waals surface area contributed by atoms with Crippen LogP contribution >= 0.6 is 12.2 Å². The summed E-state index contributed by atoms with van der Waals surface area (Å²) in [5, 5.41) is 0. The van der Waals surface area contributed by atoms with Crippen molar-refractivity contribution >= 4 is 17.2 Å². The van der Waals surface area contributed by atoms with Gasteiger partial charge in [-0.05, 0) is 24.7 Å². The summed E-state index contributed by atoms with van der Waals surface area (Å²) in [5.74, 6) is 1.12. The molecule has 0 aliphatic heterocycles. The molecule has 94 valence electrons. The normalized spacial score (nSPS) is 12.5. The Morgan fingerprint density at radius 3 is 2.82 bits per heavy atom. The maximum atomic E-state index is 5.61. The van der Waals surface area contributed by atoms with Gasteiger partial charge in [0.2, 0.25) is 0 Å². The maximum Gasteiger partial charge on any atom is 0.119 e. The third-order valence-corrected chi connectivity index (χ3v) is 3.06. The van der Waals surface area contributed by atoms with Gasteiger partial charge in [0.25, 0.3) is 0 Å². The molecule has 17 heavy (non-hydrogen) atoms. The van der Waals surface area contributed by atoms with Gasteiger partial charge < -0.3 is 15.4 Å². The number of hydrogen-bond acceptors (Lipinski definition) is 3. The van der Waals surface area contributed by atoms with Gasteiger partial charge in [0.05, 0.1) is 12.1 Å². The smallest absolute Gasteiger partial charge is 0.119 e. The number of nitrogens with zero attached hydrogens (tertiary/aromatic N) is 1. The van der Waals surface area contributed by atoms with E-state index < -0.39 is 0 Å². The third kappa shape index (κ3) is 4.71. The van der Waals surface area contributed by atoms with Gasteiger partial charge in [-0.25, -0.2) is 0 Å². The molecule has 1 aromatic rings. The van der Waals surface area contributed by atoms with E-state index >= 15 is 0 Å². The Labute approximate surface area is 109 Å². The van der Waals surface area contributed by atoms with Crippen molar-refractivity contribution in [3.63, 3.8) is 0 Å². The molecule has 0 heterocycles. The van der Waals surface area contributed by atoms with E-state index in [4.69, 9.17) is 22.7 Å². The van der Waals surface area contributed by atoms with Crippen molar-refractivity contribution in [3.05, 3.63) is 29.8 Å². The summed E-state index contributed by atoms with van der Waals surface area (Å²) in [6, 6.07) is 8.08. The van der Waals surface area contributed by atoms with Crippen LogP contribution in [-0.4, -0.2) is 30.6 Å². The van der Waals surface area contributed by atoms with Crippen molar-refractivity contribution in [2.75, 3.05) is 20.7 Å². The molecule has 0 spiro atoms. The number of nitrogens with two attached hydrogens (primary N) is 1. The van der Waals surface area contributed by atoms with Crippen LogP contribution in [0.1, 0.15) is 12.5 Å². The summed E-state index contributed by atoms with van der Waals surface area (Å²) in [6.45, 7) is 3.78. The first-order valence-corrected chi connectivity index (χ1v) is 6.04. The summed E-state index contributed by atoms with van der Waals surface area (Å²) < 4.78 is 5.20. The lowest BCUT2D eigenvalue weighted by atomic mass is 10.1. The van der Waals surface area contributed by atoms with Gasteiger partial charge in [-0.3, -0.25) is 0 Å². The van der Waals surface area contributed by atoms with Crippen molar-refractivity contribution < 1.29 is 4.74 Å². The molecule has 0 saturated heterocycles. The van der Waals surface area contributed by atoms with E-state index in [1.807, 2.05) is 25.1 Å². The predicted octanol–water partition coefficient (Wildman–Crippen LogP) is 2.05. The van der Waals surface area contributed by atoms with E-state index in [1.54, 1.807) is 7.11 Å². The average Bonchev–Trinajstić information content (AvgIpc) is 2.28. The van der Waals surface area contributed by atoms with Crippen LogP contribution in [0.25, 0.3) is 0 Å². The van der Waals surface area contributed by atoms with Crippen molar-refractivity contribution in [3.8, 4) is 5.75 Å². The number of benzene rings is 1. The van der Waals surface area contributed by atoms with E-state index in [1.165, 1.54) is 5.56 Å². The van der Waals surface area contributed by atoms with Gasteiger partial charge in [0, 0.05) is 19.0 Å². The molecule has 2 N–H and O–H groups in total. The summed E-state index contributed by atoms with van der Waals surface area (Å²) in [6.07, 6.45) is 0. The second-order valence-electron chi connectivity index (χ2n) is 4.35. The largest absolute Gasteiger partial charge is 0.497 e. The van der Waals surface area contributed by atoms with Crippen molar-refractivity contribution in [2.45, 2.75) is 13.5 Å². The highest BCUT2D eigenvalue weighted by molar-refractivity contribution is 7.80. The second kappa shape index (κ2) is 6.57.